The van der Waals surface area contributed by atoms with E-state index in [2.05, 4.69) is 106 Å². The van der Waals surface area contributed by atoms with Gasteiger partial charge >= 0.3 is 5.97 Å². The number of aromatic carboxylic acids is 1. The van der Waals surface area contributed by atoms with Gasteiger partial charge in [-0.3, -0.25) is 0 Å². The molecule has 0 unspecified atom stereocenters. The number of allylic oxidation sites excluding steroid dienone is 12. The van der Waals surface area contributed by atoms with E-state index < -0.39 is 5.97 Å². The number of rotatable bonds is 5. The minimum absolute atomic E-state index is 0.172. The highest BCUT2D eigenvalue weighted by atomic mass is 16.4. The molecule has 4 aromatic rings. The molecular weight excluding hydrogens is 665 g/mol. The fraction of sp³-hybridized carbons (Fsp3) is 0.0625. The minimum Gasteiger partial charge on any atom is -0.478 e. The van der Waals surface area contributed by atoms with E-state index in [-0.39, 0.29) is 5.56 Å². The summed E-state index contributed by atoms with van der Waals surface area (Å²) in [4.78, 5) is 33.8. The number of carbonyl (C=O) groups is 1. The first-order chi connectivity index (χ1) is 26.3. The molecule has 0 spiro atoms. The Morgan fingerprint density at radius 1 is 0.407 bits per heavy atom. The summed E-state index contributed by atoms with van der Waals surface area (Å²) in [5.74, 6) is -1.02. The second kappa shape index (κ2) is 13.2. The summed E-state index contributed by atoms with van der Waals surface area (Å²) < 4.78 is 0. The Hall–Kier alpha value is -7.05. The van der Waals surface area contributed by atoms with Crippen molar-refractivity contribution in [3.63, 3.8) is 0 Å². The van der Waals surface area contributed by atoms with Crippen LogP contribution in [0.15, 0.2) is 188 Å². The zero-order valence-corrected chi connectivity index (χ0v) is 30.0. The molecule has 54 heavy (non-hydrogen) atoms. The maximum absolute atomic E-state index is 12.7. The van der Waals surface area contributed by atoms with E-state index in [0.717, 1.165) is 78.8 Å². The van der Waals surface area contributed by atoms with Crippen LogP contribution in [0.4, 0.5) is 0 Å². The van der Waals surface area contributed by atoms with Crippen LogP contribution in [-0.2, 0) is 0 Å². The summed E-state index contributed by atoms with van der Waals surface area (Å²) in [6, 6.07) is 32.3. The van der Waals surface area contributed by atoms with E-state index in [0.29, 0.717) is 22.5 Å². The van der Waals surface area contributed by atoms with E-state index >= 15 is 0 Å². The summed E-state index contributed by atoms with van der Waals surface area (Å²) >= 11 is 0. The van der Waals surface area contributed by atoms with Gasteiger partial charge in [0.05, 0.1) is 51.2 Å². The van der Waals surface area contributed by atoms with Gasteiger partial charge in [0.2, 0.25) is 0 Å². The van der Waals surface area contributed by atoms with Gasteiger partial charge in [-0.25, -0.2) is 24.8 Å². The summed E-state index contributed by atoms with van der Waals surface area (Å²) in [5, 5.41) is 10.4. The average molecular weight is 699 g/mol. The number of aryl methyl sites for hydroxylation is 3. The Labute approximate surface area is 313 Å². The maximum atomic E-state index is 12.7. The van der Waals surface area contributed by atoms with Crippen molar-refractivity contribution in [3.8, 4) is 0 Å². The highest BCUT2D eigenvalue weighted by Crippen LogP contribution is 2.39. The first-order valence-corrected chi connectivity index (χ1v) is 17.9. The standard InChI is InChI=1S/C48H34N4O2/c1-28-8-14-31(15-9-28)44-36-20-22-38(49-36)45(32-16-10-29(2)11-17-32)40-24-26-42(51-40)47(34-6-4-5-7-35(34)48(53)54)43-27-25-41(52-43)46(39-23-21-37(44)50-39)33-18-12-30(3)13-19-33/h4-27H,1-3H3,(H,53,54). The second-order valence-electron chi connectivity index (χ2n) is 13.8. The topological polar surface area (TPSA) is 86.7 Å². The lowest BCUT2D eigenvalue weighted by Gasteiger charge is -2.14. The van der Waals surface area contributed by atoms with Crippen molar-refractivity contribution in [2.45, 2.75) is 20.8 Å². The quantitative estimate of drug-likeness (QED) is 0.225. The van der Waals surface area contributed by atoms with Crippen LogP contribution < -0.4 is 0 Å². The van der Waals surface area contributed by atoms with Crippen molar-refractivity contribution >= 4 is 51.1 Å². The first kappa shape index (κ1) is 32.8. The normalized spacial score (nSPS) is 17.2. The molecule has 0 atom stereocenters. The molecule has 8 bridgehead atoms. The minimum atomic E-state index is -1.02. The van der Waals surface area contributed by atoms with Gasteiger partial charge in [0, 0.05) is 27.9 Å². The van der Waals surface area contributed by atoms with Gasteiger partial charge in [0.25, 0.3) is 0 Å². The predicted octanol–water partition coefficient (Wildman–Crippen LogP) is 10.3. The monoisotopic (exact) mass is 698 g/mol. The lowest BCUT2D eigenvalue weighted by Crippen LogP contribution is -2.07. The lowest BCUT2D eigenvalue weighted by atomic mass is 9.94. The van der Waals surface area contributed by atoms with Gasteiger partial charge in [-0.15, -0.1) is 0 Å². The molecular formula is C48H34N4O2. The van der Waals surface area contributed by atoms with Crippen molar-refractivity contribution in [2.24, 2.45) is 20.0 Å². The van der Waals surface area contributed by atoms with Crippen LogP contribution in [-0.4, -0.2) is 33.9 Å². The molecule has 0 aliphatic carbocycles. The van der Waals surface area contributed by atoms with Crippen molar-refractivity contribution in [3.05, 3.63) is 213 Å². The van der Waals surface area contributed by atoms with Crippen LogP contribution in [0, 0.1) is 20.8 Å². The number of fused-ring (bicyclic) bond motifs is 4. The zero-order chi connectivity index (χ0) is 36.9. The predicted molar refractivity (Wildman–Crippen MR) is 221 cm³/mol. The van der Waals surface area contributed by atoms with Crippen molar-refractivity contribution < 1.29 is 9.90 Å². The van der Waals surface area contributed by atoms with Crippen molar-refractivity contribution in [2.75, 3.05) is 0 Å². The summed E-state index contributed by atoms with van der Waals surface area (Å²) in [6.45, 7) is 6.22. The van der Waals surface area contributed by atoms with Gasteiger partial charge in [-0.05, 0) is 92.1 Å². The van der Waals surface area contributed by atoms with Gasteiger partial charge in [0.1, 0.15) is 0 Å². The first-order valence-electron chi connectivity index (χ1n) is 17.9. The number of hydrogen-bond acceptors (Lipinski definition) is 5. The number of carboxylic acid groups (broad SMARTS) is 1. The molecule has 6 nitrogen and oxygen atoms in total. The molecule has 6 heteroatoms. The zero-order valence-electron chi connectivity index (χ0n) is 30.0. The third kappa shape index (κ3) is 5.84. The molecule has 9 rings (SSSR count). The third-order valence-electron chi connectivity index (χ3n) is 10.1. The molecule has 4 aromatic carbocycles. The highest BCUT2D eigenvalue weighted by molar-refractivity contribution is 6.40. The summed E-state index contributed by atoms with van der Waals surface area (Å²) in [5.41, 5.74) is 16.3. The van der Waals surface area contributed by atoms with Gasteiger partial charge in [-0.1, -0.05) is 108 Å². The van der Waals surface area contributed by atoms with Crippen LogP contribution in [0.3, 0.4) is 0 Å². The SMILES string of the molecule is Cc1ccc(C2=C3C=CC(=N3)C(c3ccc(C)cc3)=C3C=CC(=N3)C(c3ccccc3C(=O)O)=C3C=CC(=N3)C(c3ccc(C)cc3)=C3C=CC2=N3)cc1. The number of hydrogen-bond donors (Lipinski definition) is 1. The smallest absolute Gasteiger partial charge is 0.336 e. The van der Waals surface area contributed by atoms with Gasteiger partial charge in [-0.2, -0.15) is 0 Å². The number of carboxylic acids is 1. The number of benzene rings is 4. The van der Waals surface area contributed by atoms with Crippen molar-refractivity contribution in [1.29, 1.82) is 0 Å². The van der Waals surface area contributed by atoms with Crippen LogP contribution in [0.25, 0.3) is 22.3 Å². The molecule has 0 saturated heterocycles. The Morgan fingerprint density at radius 3 is 1.07 bits per heavy atom. The fourth-order valence-electron chi connectivity index (χ4n) is 7.30. The Kier molecular flexibility index (Phi) is 8.01. The van der Waals surface area contributed by atoms with E-state index in [9.17, 15) is 9.90 Å². The molecule has 5 heterocycles. The maximum Gasteiger partial charge on any atom is 0.336 e. The summed E-state index contributed by atoms with van der Waals surface area (Å²) in [7, 11) is 0. The molecule has 0 aromatic heterocycles. The lowest BCUT2D eigenvalue weighted by molar-refractivity contribution is 0.0696. The number of nitrogens with zero attached hydrogens (tertiary/aromatic N) is 4. The molecule has 5 aliphatic rings. The van der Waals surface area contributed by atoms with E-state index in [1.807, 2.05) is 48.6 Å². The highest BCUT2D eigenvalue weighted by Gasteiger charge is 2.28. The molecule has 0 radical (unpaired) electrons. The Morgan fingerprint density at radius 2 is 0.722 bits per heavy atom. The van der Waals surface area contributed by atoms with Crippen LogP contribution in [0.1, 0.15) is 49.3 Å². The van der Waals surface area contributed by atoms with Crippen LogP contribution in [0.5, 0.6) is 0 Å². The molecule has 0 saturated carbocycles. The molecule has 0 fully saturated rings. The molecule has 1 N–H and O–H groups in total. The Bertz CT molecular complexity index is 2660. The average Bonchev–Trinajstić information content (AvgIpc) is 4.02. The molecule has 258 valence electrons. The Balaban J connectivity index is 1.38. The fourth-order valence-corrected chi connectivity index (χ4v) is 7.30. The van der Waals surface area contributed by atoms with Crippen molar-refractivity contribution in [1.82, 2.24) is 0 Å². The van der Waals surface area contributed by atoms with Gasteiger partial charge in [0.15, 0.2) is 0 Å². The number of aliphatic imine (C=N–C) groups is 4. The molecule has 5 aliphatic heterocycles. The molecule has 0 amide bonds. The van der Waals surface area contributed by atoms with Crippen LogP contribution >= 0.6 is 0 Å². The third-order valence-corrected chi connectivity index (χ3v) is 10.1. The van der Waals surface area contributed by atoms with E-state index in [4.69, 9.17) is 20.0 Å². The largest absolute Gasteiger partial charge is 0.478 e. The van der Waals surface area contributed by atoms with Crippen LogP contribution in [0.2, 0.25) is 0 Å². The van der Waals surface area contributed by atoms with Gasteiger partial charge < -0.3 is 5.11 Å². The summed E-state index contributed by atoms with van der Waals surface area (Å²) in [6.07, 6.45) is 16.1. The van der Waals surface area contributed by atoms with E-state index in [1.165, 1.54) is 5.56 Å². The second-order valence-corrected chi connectivity index (χ2v) is 13.8. The van der Waals surface area contributed by atoms with E-state index in [1.54, 1.807) is 12.1 Å².